The molecular formula is C41H38N4+4. The first-order valence-corrected chi connectivity index (χ1v) is 15.5. The third-order valence-electron chi connectivity index (χ3n) is 8.74. The van der Waals surface area contributed by atoms with Gasteiger partial charge in [0.1, 0.15) is 14.1 Å². The van der Waals surface area contributed by atoms with Gasteiger partial charge in [0.05, 0.1) is 10.8 Å². The Bertz CT molecular complexity index is 2160. The molecule has 218 valence electrons. The predicted molar refractivity (Wildman–Crippen MR) is 180 cm³/mol. The molecule has 3 aromatic carbocycles. The predicted octanol–water partition coefficient (Wildman–Crippen LogP) is 6.97. The first-order chi connectivity index (χ1) is 21.9. The van der Waals surface area contributed by atoms with Crippen LogP contribution in [-0.2, 0) is 14.1 Å². The molecule has 4 heteroatoms. The average molecular weight is 587 g/mol. The van der Waals surface area contributed by atoms with Gasteiger partial charge in [0, 0.05) is 87.0 Å². The zero-order valence-corrected chi connectivity index (χ0v) is 26.6. The van der Waals surface area contributed by atoms with Gasteiger partial charge in [0.15, 0.2) is 41.9 Å². The maximum absolute atomic E-state index is 2.41. The molecule has 4 nitrogen and oxygen atoms in total. The van der Waals surface area contributed by atoms with E-state index in [0.717, 1.165) is 5.69 Å². The molecule has 45 heavy (non-hydrogen) atoms. The summed E-state index contributed by atoms with van der Waals surface area (Å²) in [4.78, 5) is 0. The summed E-state index contributed by atoms with van der Waals surface area (Å²) in [6.07, 6.45) is 8.41. The molecule has 7 rings (SSSR count). The summed E-state index contributed by atoms with van der Waals surface area (Å²) in [7, 11) is 4.10. The number of pyridine rings is 4. The molecule has 0 radical (unpaired) electrons. The van der Waals surface area contributed by atoms with Crippen LogP contribution in [-0.4, -0.2) is 0 Å². The number of benzene rings is 3. The summed E-state index contributed by atoms with van der Waals surface area (Å²) in [5.41, 5.74) is 13.1. The molecule has 4 aromatic heterocycles. The Hall–Kier alpha value is -5.48. The van der Waals surface area contributed by atoms with Crippen molar-refractivity contribution in [3.05, 3.63) is 157 Å². The normalized spacial score (nSPS) is 11.2. The van der Waals surface area contributed by atoms with Gasteiger partial charge in [-0.2, -0.15) is 9.13 Å². The highest BCUT2D eigenvalue weighted by Crippen LogP contribution is 2.30. The Morgan fingerprint density at radius 3 is 1.33 bits per heavy atom. The fourth-order valence-electron chi connectivity index (χ4n) is 6.54. The number of nitrogens with zero attached hydrogens (tertiary/aromatic N) is 4. The van der Waals surface area contributed by atoms with Gasteiger partial charge in [0.25, 0.3) is 0 Å². The van der Waals surface area contributed by atoms with E-state index in [1.807, 2.05) is 7.05 Å². The molecule has 0 aliphatic rings. The zero-order valence-electron chi connectivity index (χ0n) is 26.6. The van der Waals surface area contributed by atoms with Crippen molar-refractivity contribution in [2.75, 3.05) is 0 Å². The fourth-order valence-corrected chi connectivity index (χ4v) is 6.54. The van der Waals surface area contributed by atoms with E-state index in [1.165, 1.54) is 67.0 Å². The molecule has 0 N–H and O–H groups in total. The van der Waals surface area contributed by atoms with E-state index in [0.29, 0.717) is 0 Å². The van der Waals surface area contributed by atoms with Crippen LogP contribution in [0.25, 0.3) is 55.7 Å². The first kappa shape index (κ1) is 28.3. The van der Waals surface area contributed by atoms with Crippen molar-refractivity contribution in [1.82, 2.24) is 0 Å². The molecule has 0 spiro atoms. The lowest BCUT2D eigenvalue weighted by atomic mass is 10.00. The van der Waals surface area contributed by atoms with Crippen LogP contribution >= 0.6 is 0 Å². The Morgan fingerprint density at radius 1 is 0.378 bits per heavy atom. The minimum Gasteiger partial charge on any atom is -0.208 e. The number of fused-ring (bicyclic) bond motifs is 1. The van der Waals surface area contributed by atoms with Crippen LogP contribution in [0.15, 0.2) is 140 Å². The molecule has 0 saturated carbocycles. The second-order valence-electron chi connectivity index (χ2n) is 12.0. The molecule has 0 atom stereocenters. The van der Waals surface area contributed by atoms with Crippen LogP contribution in [0.2, 0.25) is 0 Å². The van der Waals surface area contributed by atoms with E-state index < -0.39 is 0 Å². The number of aromatic nitrogens is 4. The van der Waals surface area contributed by atoms with Crippen molar-refractivity contribution in [2.24, 2.45) is 14.1 Å². The van der Waals surface area contributed by atoms with Crippen LogP contribution in [0.4, 0.5) is 0 Å². The topological polar surface area (TPSA) is 15.5 Å². The van der Waals surface area contributed by atoms with Gasteiger partial charge < -0.3 is 0 Å². The van der Waals surface area contributed by atoms with Crippen molar-refractivity contribution in [3.8, 4) is 44.9 Å². The second-order valence-corrected chi connectivity index (χ2v) is 12.0. The van der Waals surface area contributed by atoms with Crippen molar-refractivity contribution < 1.29 is 18.3 Å². The highest BCUT2D eigenvalue weighted by Gasteiger charge is 2.26. The summed E-state index contributed by atoms with van der Waals surface area (Å²) in [6, 6.07) is 42.0. The molecule has 4 heterocycles. The zero-order chi connectivity index (χ0) is 31.1. The smallest absolute Gasteiger partial charge is 0.208 e. The lowest BCUT2D eigenvalue weighted by Gasteiger charge is -2.13. The first-order valence-electron chi connectivity index (χ1n) is 15.5. The molecule has 0 saturated heterocycles. The molecule has 7 aromatic rings. The van der Waals surface area contributed by atoms with Crippen LogP contribution in [0.5, 0.6) is 0 Å². The Labute approximate surface area is 265 Å². The molecule has 0 bridgehead atoms. The average Bonchev–Trinajstić information content (AvgIpc) is 3.05. The van der Waals surface area contributed by atoms with Crippen molar-refractivity contribution in [1.29, 1.82) is 0 Å². The quantitative estimate of drug-likeness (QED) is 0.194. The molecule has 0 unspecified atom stereocenters. The molecular weight excluding hydrogens is 548 g/mol. The van der Waals surface area contributed by atoms with E-state index >= 15 is 0 Å². The Kier molecular flexibility index (Phi) is 7.26. The van der Waals surface area contributed by atoms with Crippen LogP contribution in [0.3, 0.4) is 0 Å². The van der Waals surface area contributed by atoms with Gasteiger partial charge in [-0.15, -0.1) is 0 Å². The summed E-state index contributed by atoms with van der Waals surface area (Å²) in [5.74, 6) is 0. The van der Waals surface area contributed by atoms with E-state index in [9.17, 15) is 0 Å². The Morgan fingerprint density at radius 2 is 0.822 bits per heavy atom. The van der Waals surface area contributed by atoms with E-state index in [1.54, 1.807) is 0 Å². The van der Waals surface area contributed by atoms with Crippen LogP contribution in [0.1, 0.15) is 17.1 Å². The standard InChI is InChI=1S/C41H38N4/c1-29-25-35(32-17-21-42(4)22-18-32)26-30(2)44(29)39-15-9-14-38-37(39)13-10-16-40(38)45-31(3)27-36(33-19-23-43(5)24-20-33)28-41(45)34-11-7-6-8-12-34/h6-28H,1-5H3/q+4. The fraction of sp³-hybridized carbons (Fsp3) is 0.122. The number of aryl methyl sites for hydroxylation is 5. The van der Waals surface area contributed by atoms with E-state index in [-0.39, 0.29) is 0 Å². The van der Waals surface area contributed by atoms with Crippen LogP contribution in [0, 0.1) is 20.8 Å². The lowest BCUT2D eigenvalue weighted by molar-refractivity contribution is -0.671. The van der Waals surface area contributed by atoms with Crippen molar-refractivity contribution in [2.45, 2.75) is 20.8 Å². The van der Waals surface area contributed by atoms with Crippen LogP contribution < -0.4 is 18.3 Å². The summed E-state index contributed by atoms with van der Waals surface area (Å²) in [5, 5.41) is 2.43. The highest BCUT2D eigenvalue weighted by atomic mass is 15.0. The Balaban J connectivity index is 1.42. The highest BCUT2D eigenvalue weighted by molar-refractivity contribution is 5.93. The number of rotatable bonds is 5. The monoisotopic (exact) mass is 586 g/mol. The minimum absolute atomic E-state index is 1.16. The van der Waals surface area contributed by atoms with E-state index in [4.69, 9.17) is 0 Å². The van der Waals surface area contributed by atoms with Gasteiger partial charge in [-0.05, 0) is 46.5 Å². The summed E-state index contributed by atoms with van der Waals surface area (Å²) in [6.45, 7) is 6.63. The van der Waals surface area contributed by atoms with Gasteiger partial charge in [0.2, 0.25) is 17.1 Å². The molecule has 0 aliphatic carbocycles. The summed E-state index contributed by atoms with van der Waals surface area (Å²) < 4.78 is 8.93. The molecule has 0 amide bonds. The number of hydrogen-bond acceptors (Lipinski definition) is 0. The number of hydrogen-bond donors (Lipinski definition) is 0. The third-order valence-corrected chi connectivity index (χ3v) is 8.74. The minimum atomic E-state index is 1.16. The maximum Gasteiger partial charge on any atom is 0.219 e. The lowest BCUT2D eigenvalue weighted by Crippen LogP contribution is -2.39. The summed E-state index contributed by atoms with van der Waals surface area (Å²) >= 11 is 0. The third kappa shape index (κ3) is 5.29. The van der Waals surface area contributed by atoms with Crippen molar-refractivity contribution in [3.63, 3.8) is 0 Å². The van der Waals surface area contributed by atoms with E-state index in [2.05, 4.69) is 186 Å². The molecule has 0 fully saturated rings. The second kappa shape index (κ2) is 11.5. The van der Waals surface area contributed by atoms with Gasteiger partial charge in [-0.3, -0.25) is 0 Å². The molecule has 0 aliphatic heterocycles. The SMILES string of the molecule is Cc1cc(-c2cc[n+](C)cc2)cc(C)[n+]1-c1cccc2c(-[n+]3c(C)cc(-c4cc[n+](C)cc4)cc3-c3ccccc3)cccc12. The maximum atomic E-state index is 2.41. The largest absolute Gasteiger partial charge is 0.219 e. The van der Waals surface area contributed by atoms with Crippen molar-refractivity contribution >= 4 is 10.8 Å². The van der Waals surface area contributed by atoms with Gasteiger partial charge in [-0.1, -0.05) is 30.3 Å². The van der Waals surface area contributed by atoms with Gasteiger partial charge in [-0.25, -0.2) is 9.13 Å². The van der Waals surface area contributed by atoms with Gasteiger partial charge >= 0.3 is 0 Å².